The molecule has 0 saturated heterocycles. The summed E-state index contributed by atoms with van der Waals surface area (Å²) in [5.74, 6) is -2.99. The van der Waals surface area contributed by atoms with Crippen LogP contribution < -0.4 is 20.1 Å². The molecule has 210 valence electrons. The minimum Gasteiger partial charge on any atom is -0.507 e. The van der Waals surface area contributed by atoms with Crippen LogP contribution in [0.2, 0.25) is 0 Å². The smallest absolute Gasteiger partial charge is 0.291 e. The number of nitrogens with one attached hydrogen (secondary N) is 2. The molecule has 2 heterocycles. The van der Waals surface area contributed by atoms with E-state index in [1.165, 1.54) is 47.1 Å². The van der Waals surface area contributed by atoms with Crippen molar-refractivity contribution in [2.45, 2.75) is 33.1 Å². The maximum atomic E-state index is 14.1. The first kappa shape index (κ1) is 27.3. The first-order valence-corrected chi connectivity index (χ1v) is 12.5. The lowest BCUT2D eigenvalue weighted by atomic mass is 9.70. The van der Waals surface area contributed by atoms with Crippen molar-refractivity contribution in [2.24, 2.45) is 0 Å². The molecule has 0 unspecified atom stereocenters. The van der Waals surface area contributed by atoms with Gasteiger partial charge in [-0.3, -0.25) is 19.2 Å². The summed E-state index contributed by atoms with van der Waals surface area (Å²) in [5.41, 5.74) is -1.16. The Balaban J connectivity index is 1.57. The molecule has 41 heavy (non-hydrogen) atoms. The Morgan fingerprint density at radius 1 is 1.05 bits per heavy atom. The Hall–Kier alpha value is -5.32. The lowest BCUT2D eigenvalue weighted by Gasteiger charge is -2.29. The topological polar surface area (TPSA) is 164 Å². The van der Waals surface area contributed by atoms with Gasteiger partial charge in [0.15, 0.2) is 23.1 Å². The molecular formula is C30H26N2O9. The van der Waals surface area contributed by atoms with Crippen LogP contribution in [0.3, 0.4) is 0 Å². The van der Waals surface area contributed by atoms with Crippen molar-refractivity contribution in [1.29, 1.82) is 0 Å². The summed E-state index contributed by atoms with van der Waals surface area (Å²) in [4.78, 5) is 52.2. The molecule has 0 spiro atoms. The first-order chi connectivity index (χ1) is 19.4. The van der Waals surface area contributed by atoms with E-state index in [4.69, 9.17) is 13.9 Å². The van der Waals surface area contributed by atoms with Crippen LogP contribution in [0.4, 0.5) is 11.4 Å². The molecule has 1 amide bonds. The number of anilines is 2. The fourth-order valence-electron chi connectivity index (χ4n) is 5.11. The van der Waals surface area contributed by atoms with Crippen molar-refractivity contribution in [1.82, 2.24) is 0 Å². The second-order valence-corrected chi connectivity index (χ2v) is 9.86. The lowest BCUT2D eigenvalue weighted by molar-refractivity contribution is -0.123. The standard InChI is InChI=1S/C30H26N2O9/c1-13-25(35)23(15(3)33)27-24(26(13)36)30(4)21(41-27)12-18(34)22(28(30)37)14(2)31-17-11-16(8-9-19(17)39-5)32-29(38)20-7-6-10-40-20/h6-12,31,35-36H,1-5H3,(H,32,38)/b22-14+/t30-/m0/s1. The molecule has 0 saturated carbocycles. The number of ether oxygens (including phenoxy) is 2. The van der Waals surface area contributed by atoms with E-state index in [1.54, 1.807) is 24.3 Å². The largest absolute Gasteiger partial charge is 0.507 e. The molecule has 3 aromatic rings. The number of phenolic OH excluding ortho intramolecular Hbond substituents is 2. The van der Waals surface area contributed by atoms with Crippen LogP contribution in [0.1, 0.15) is 52.8 Å². The molecule has 1 aliphatic heterocycles. The highest BCUT2D eigenvalue weighted by Crippen LogP contribution is 2.57. The van der Waals surface area contributed by atoms with Gasteiger partial charge in [-0.25, -0.2) is 0 Å². The highest BCUT2D eigenvalue weighted by molar-refractivity contribution is 6.31. The third-order valence-electron chi connectivity index (χ3n) is 7.28. The first-order valence-electron chi connectivity index (χ1n) is 12.5. The number of carbonyl (C=O) groups excluding carboxylic acids is 4. The van der Waals surface area contributed by atoms with Crippen molar-refractivity contribution in [2.75, 3.05) is 17.7 Å². The molecule has 5 rings (SSSR count). The van der Waals surface area contributed by atoms with Gasteiger partial charge in [0.1, 0.15) is 39.7 Å². The summed E-state index contributed by atoms with van der Waals surface area (Å²) in [6.45, 7) is 5.64. The molecule has 0 bridgehead atoms. The number of furan rings is 1. The van der Waals surface area contributed by atoms with Crippen LogP contribution in [0.5, 0.6) is 23.0 Å². The monoisotopic (exact) mass is 558 g/mol. The Bertz CT molecular complexity index is 1730. The van der Waals surface area contributed by atoms with E-state index in [0.29, 0.717) is 17.1 Å². The second kappa shape index (κ2) is 9.70. The number of carbonyl (C=O) groups is 4. The molecule has 2 aromatic carbocycles. The summed E-state index contributed by atoms with van der Waals surface area (Å²) in [6.07, 6.45) is 2.51. The van der Waals surface area contributed by atoms with Crippen molar-refractivity contribution >= 4 is 34.6 Å². The van der Waals surface area contributed by atoms with Gasteiger partial charge < -0.3 is 34.7 Å². The van der Waals surface area contributed by atoms with Gasteiger partial charge in [0.2, 0.25) is 0 Å². The number of phenols is 2. The number of allylic oxidation sites excluding steroid dienone is 4. The Morgan fingerprint density at radius 3 is 2.41 bits per heavy atom. The molecule has 11 heteroatoms. The van der Waals surface area contributed by atoms with Gasteiger partial charge in [0.25, 0.3) is 5.91 Å². The predicted octanol–water partition coefficient (Wildman–Crippen LogP) is 4.53. The van der Waals surface area contributed by atoms with Crippen LogP contribution in [0.25, 0.3) is 0 Å². The number of aromatic hydroxyl groups is 2. The summed E-state index contributed by atoms with van der Waals surface area (Å²) < 4.78 is 16.3. The molecular weight excluding hydrogens is 532 g/mol. The van der Waals surface area contributed by atoms with Crippen molar-refractivity contribution < 1.29 is 43.3 Å². The highest BCUT2D eigenvalue weighted by Gasteiger charge is 2.56. The van der Waals surface area contributed by atoms with Gasteiger partial charge in [-0.1, -0.05) is 0 Å². The average Bonchev–Trinajstić information content (AvgIpc) is 3.55. The van der Waals surface area contributed by atoms with E-state index in [9.17, 15) is 29.4 Å². The van der Waals surface area contributed by atoms with E-state index in [1.807, 2.05) is 0 Å². The average molecular weight is 559 g/mol. The molecule has 0 radical (unpaired) electrons. The molecule has 1 aliphatic carbocycles. The normalized spacial score (nSPS) is 18.6. The van der Waals surface area contributed by atoms with Gasteiger partial charge in [0, 0.05) is 23.0 Å². The third-order valence-corrected chi connectivity index (χ3v) is 7.28. The van der Waals surface area contributed by atoms with Crippen molar-refractivity contribution in [3.8, 4) is 23.0 Å². The maximum Gasteiger partial charge on any atom is 0.291 e. The van der Waals surface area contributed by atoms with Gasteiger partial charge >= 0.3 is 0 Å². The summed E-state index contributed by atoms with van der Waals surface area (Å²) >= 11 is 0. The third kappa shape index (κ3) is 4.13. The van der Waals surface area contributed by atoms with E-state index in [2.05, 4.69) is 10.6 Å². The quantitative estimate of drug-likeness (QED) is 0.192. The number of hydrogen-bond donors (Lipinski definition) is 4. The summed E-state index contributed by atoms with van der Waals surface area (Å²) in [7, 11) is 1.44. The fourth-order valence-corrected chi connectivity index (χ4v) is 5.11. The Morgan fingerprint density at radius 2 is 1.78 bits per heavy atom. The molecule has 11 nitrogen and oxygen atoms in total. The van der Waals surface area contributed by atoms with Gasteiger partial charge in [-0.2, -0.15) is 0 Å². The molecule has 2 aliphatic rings. The van der Waals surface area contributed by atoms with E-state index >= 15 is 0 Å². The van der Waals surface area contributed by atoms with E-state index in [-0.39, 0.29) is 45.2 Å². The molecule has 4 N–H and O–H groups in total. The van der Waals surface area contributed by atoms with Crippen LogP contribution in [0, 0.1) is 6.92 Å². The Kier molecular flexibility index (Phi) is 6.45. The van der Waals surface area contributed by atoms with Crippen LogP contribution in [0.15, 0.2) is 64.1 Å². The van der Waals surface area contributed by atoms with Crippen LogP contribution in [-0.4, -0.2) is 40.6 Å². The summed E-state index contributed by atoms with van der Waals surface area (Å²) in [5, 5.41) is 27.3. The minimum atomic E-state index is -1.66. The summed E-state index contributed by atoms with van der Waals surface area (Å²) in [6, 6.07) is 7.87. The molecule has 0 fully saturated rings. The number of methoxy groups -OCH3 is 1. The predicted molar refractivity (Wildman–Crippen MR) is 147 cm³/mol. The lowest BCUT2D eigenvalue weighted by Crippen LogP contribution is -2.40. The maximum absolute atomic E-state index is 14.1. The Labute approximate surface area is 234 Å². The van der Waals surface area contributed by atoms with Crippen LogP contribution in [-0.2, 0) is 15.0 Å². The van der Waals surface area contributed by atoms with Crippen molar-refractivity contribution in [3.05, 3.63) is 82.2 Å². The minimum absolute atomic E-state index is 0.00301. The number of benzene rings is 2. The number of ketones is 3. The number of amides is 1. The van der Waals surface area contributed by atoms with Crippen molar-refractivity contribution in [3.63, 3.8) is 0 Å². The zero-order valence-electron chi connectivity index (χ0n) is 22.8. The van der Waals surface area contributed by atoms with Gasteiger partial charge in [-0.15, -0.1) is 0 Å². The number of hydrogen-bond acceptors (Lipinski definition) is 10. The number of fused-ring (bicyclic) bond motifs is 3. The molecule has 1 atom stereocenters. The van der Waals surface area contributed by atoms with E-state index in [0.717, 1.165) is 6.08 Å². The zero-order chi connectivity index (χ0) is 29.8. The zero-order valence-corrected chi connectivity index (χ0v) is 22.8. The second-order valence-electron chi connectivity index (χ2n) is 9.86. The number of rotatable bonds is 6. The van der Waals surface area contributed by atoms with E-state index < -0.39 is 40.2 Å². The molecule has 1 aromatic heterocycles. The fraction of sp³-hybridized carbons (Fsp3) is 0.200. The van der Waals surface area contributed by atoms with Crippen LogP contribution >= 0.6 is 0 Å². The SMILES string of the molecule is COc1ccc(NC(=O)c2ccco2)cc1N/C(C)=C1\C(=O)C=C2Oc3c(C(C)=O)c(O)c(C)c(O)c3[C@@]2(C)C1=O. The number of Topliss-reactive ketones (excluding diaryl/α,β-unsaturated/α-hetero) is 2. The van der Waals surface area contributed by atoms with Gasteiger partial charge in [-0.05, 0) is 58.0 Å². The highest BCUT2D eigenvalue weighted by atomic mass is 16.5. The van der Waals surface area contributed by atoms with Gasteiger partial charge in [0.05, 0.1) is 30.2 Å².